The molecule has 0 unspecified atom stereocenters. The Bertz CT molecular complexity index is 762. The molecule has 2 rings (SSSR count). The highest BCUT2D eigenvalue weighted by molar-refractivity contribution is 5.95. The van der Waals surface area contributed by atoms with Crippen molar-refractivity contribution < 1.29 is 23.0 Å². The number of hydrogen-bond donors (Lipinski definition) is 1. The van der Waals surface area contributed by atoms with E-state index in [0.29, 0.717) is 29.4 Å². The molecule has 27 heavy (non-hydrogen) atoms. The molecule has 0 radical (unpaired) electrons. The summed E-state index contributed by atoms with van der Waals surface area (Å²) in [5, 5.41) is 3.80. The zero-order chi connectivity index (χ0) is 19.6. The fourth-order valence-electron chi connectivity index (χ4n) is 2.13. The minimum Gasteiger partial charge on any atom is -0.494 e. The van der Waals surface area contributed by atoms with Crippen LogP contribution in [0.4, 0.5) is 8.78 Å². The first kappa shape index (κ1) is 20.4. The normalized spacial score (nSPS) is 11.2. The number of nitrogens with zero attached hydrogens (tertiary/aromatic N) is 1. The van der Waals surface area contributed by atoms with E-state index in [1.54, 1.807) is 42.5 Å². The maximum Gasteiger partial charge on any atom is 0.387 e. The quantitative estimate of drug-likeness (QED) is 0.519. The van der Waals surface area contributed by atoms with Gasteiger partial charge in [-0.3, -0.25) is 4.79 Å². The summed E-state index contributed by atoms with van der Waals surface area (Å²) in [6, 6.07) is 12.9. The van der Waals surface area contributed by atoms with Crippen molar-refractivity contribution in [2.24, 2.45) is 11.0 Å². The largest absolute Gasteiger partial charge is 0.494 e. The van der Waals surface area contributed by atoms with Crippen LogP contribution in [-0.2, 0) is 0 Å². The molecule has 7 heteroatoms. The van der Waals surface area contributed by atoms with Crippen LogP contribution < -0.4 is 14.9 Å². The Hall–Kier alpha value is -2.96. The molecular formula is C20H22F2N2O3. The summed E-state index contributed by atoms with van der Waals surface area (Å²) in [7, 11) is 0. The van der Waals surface area contributed by atoms with Gasteiger partial charge < -0.3 is 9.47 Å². The van der Waals surface area contributed by atoms with Gasteiger partial charge in [0.1, 0.15) is 11.5 Å². The maximum absolute atomic E-state index is 12.4. The molecule has 1 N–H and O–H groups in total. The van der Waals surface area contributed by atoms with Gasteiger partial charge in [-0.2, -0.15) is 13.9 Å². The number of carbonyl (C=O) groups is 1. The second-order valence-electron chi connectivity index (χ2n) is 6.17. The molecule has 0 saturated carbocycles. The lowest BCUT2D eigenvalue weighted by molar-refractivity contribution is -0.0499. The fraction of sp³-hybridized carbons (Fsp3) is 0.300. The maximum atomic E-state index is 12.4. The van der Waals surface area contributed by atoms with Crippen molar-refractivity contribution in [1.82, 2.24) is 5.43 Å². The number of rotatable bonds is 9. The Morgan fingerprint density at radius 3 is 2.52 bits per heavy atom. The second kappa shape index (κ2) is 10.3. The Morgan fingerprint density at radius 1 is 1.15 bits per heavy atom. The predicted octanol–water partition coefficient (Wildman–Crippen LogP) is 4.48. The molecule has 0 aliphatic heterocycles. The van der Waals surface area contributed by atoms with Crippen LogP contribution in [0.3, 0.4) is 0 Å². The van der Waals surface area contributed by atoms with Gasteiger partial charge in [-0.05, 0) is 48.7 Å². The molecule has 0 aliphatic carbocycles. The van der Waals surface area contributed by atoms with Gasteiger partial charge in [0.05, 0.1) is 12.8 Å². The van der Waals surface area contributed by atoms with E-state index in [1.807, 2.05) is 0 Å². The number of nitrogens with one attached hydrogen (secondary N) is 1. The summed E-state index contributed by atoms with van der Waals surface area (Å²) in [6.07, 6.45) is 2.20. The van der Waals surface area contributed by atoms with E-state index in [0.717, 1.165) is 6.42 Å². The molecule has 0 saturated heterocycles. The average Bonchev–Trinajstić information content (AvgIpc) is 2.63. The van der Waals surface area contributed by atoms with Gasteiger partial charge in [-0.1, -0.05) is 26.0 Å². The first-order chi connectivity index (χ1) is 13.0. The smallest absolute Gasteiger partial charge is 0.387 e. The second-order valence-corrected chi connectivity index (χ2v) is 6.17. The Morgan fingerprint density at radius 2 is 1.85 bits per heavy atom. The van der Waals surface area contributed by atoms with Gasteiger partial charge in [0.15, 0.2) is 0 Å². The van der Waals surface area contributed by atoms with Gasteiger partial charge in [-0.15, -0.1) is 0 Å². The van der Waals surface area contributed by atoms with Gasteiger partial charge in [0, 0.05) is 11.1 Å². The predicted molar refractivity (Wildman–Crippen MR) is 99.5 cm³/mol. The molecule has 144 valence electrons. The highest BCUT2D eigenvalue weighted by atomic mass is 19.3. The zero-order valence-corrected chi connectivity index (χ0v) is 15.2. The molecule has 0 atom stereocenters. The molecule has 2 aromatic carbocycles. The average molecular weight is 376 g/mol. The Balaban J connectivity index is 1.91. The zero-order valence-electron chi connectivity index (χ0n) is 15.2. The van der Waals surface area contributed by atoms with E-state index in [1.165, 1.54) is 12.3 Å². The van der Waals surface area contributed by atoms with Gasteiger partial charge in [0.2, 0.25) is 0 Å². The monoisotopic (exact) mass is 376 g/mol. The number of benzene rings is 2. The minimum atomic E-state index is -2.93. The van der Waals surface area contributed by atoms with Gasteiger partial charge in [-0.25, -0.2) is 5.43 Å². The fourth-order valence-corrected chi connectivity index (χ4v) is 2.13. The van der Waals surface area contributed by atoms with Crippen molar-refractivity contribution in [2.75, 3.05) is 6.61 Å². The van der Waals surface area contributed by atoms with Crippen LogP contribution in [0.1, 0.15) is 36.2 Å². The summed E-state index contributed by atoms with van der Waals surface area (Å²) < 4.78 is 34.7. The number of carbonyl (C=O) groups excluding carboxylic acids is 1. The van der Waals surface area contributed by atoms with Gasteiger partial charge in [0.25, 0.3) is 5.91 Å². The number of alkyl halides is 2. The lowest BCUT2D eigenvalue weighted by Crippen LogP contribution is -2.17. The summed E-state index contributed by atoms with van der Waals surface area (Å²) >= 11 is 0. The standard InChI is InChI=1S/C20H22F2N2O3/c1-14(2)11-12-26-17-9-7-15(8-10-17)19(25)24-23-13-16-5-3-4-6-18(16)27-20(21)22/h3-10,13-14,20H,11-12H2,1-2H3,(H,24,25)/b23-13-. The number of amides is 1. The van der Waals surface area contributed by atoms with E-state index in [-0.39, 0.29) is 5.75 Å². The molecule has 0 aliphatic rings. The SMILES string of the molecule is CC(C)CCOc1ccc(C(=O)N/N=C\c2ccccc2OC(F)F)cc1. The number of ether oxygens (including phenoxy) is 2. The summed E-state index contributed by atoms with van der Waals surface area (Å²) in [4.78, 5) is 12.1. The van der Waals surface area contributed by atoms with Crippen LogP contribution in [0.25, 0.3) is 0 Å². The number of para-hydroxylation sites is 1. The van der Waals surface area contributed by atoms with Gasteiger partial charge >= 0.3 is 6.61 Å². The van der Waals surface area contributed by atoms with E-state index >= 15 is 0 Å². The van der Waals surface area contributed by atoms with Crippen LogP contribution in [0.2, 0.25) is 0 Å². The molecule has 0 heterocycles. The molecule has 0 bridgehead atoms. The number of hydrazone groups is 1. The van der Waals surface area contributed by atoms with E-state index in [9.17, 15) is 13.6 Å². The van der Waals surface area contributed by atoms with Crippen molar-refractivity contribution >= 4 is 12.1 Å². The lowest BCUT2D eigenvalue weighted by atomic mass is 10.1. The number of hydrogen-bond acceptors (Lipinski definition) is 4. The van der Waals surface area contributed by atoms with E-state index in [2.05, 4.69) is 29.1 Å². The topological polar surface area (TPSA) is 59.9 Å². The van der Waals surface area contributed by atoms with Crippen molar-refractivity contribution in [2.45, 2.75) is 26.9 Å². The van der Waals surface area contributed by atoms with Crippen LogP contribution in [0, 0.1) is 5.92 Å². The third-order valence-electron chi connectivity index (χ3n) is 3.59. The molecule has 1 amide bonds. The highest BCUT2D eigenvalue weighted by Crippen LogP contribution is 2.18. The summed E-state index contributed by atoms with van der Waals surface area (Å²) in [5.41, 5.74) is 3.08. The van der Waals surface area contributed by atoms with Crippen LogP contribution in [-0.4, -0.2) is 25.3 Å². The molecule has 0 spiro atoms. The summed E-state index contributed by atoms with van der Waals surface area (Å²) in [5.74, 6) is 0.804. The molecule has 0 aromatic heterocycles. The molecular weight excluding hydrogens is 354 g/mol. The van der Waals surface area contributed by atoms with Crippen LogP contribution >= 0.6 is 0 Å². The van der Waals surface area contributed by atoms with Crippen LogP contribution in [0.15, 0.2) is 53.6 Å². The van der Waals surface area contributed by atoms with E-state index in [4.69, 9.17) is 4.74 Å². The molecule has 5 nitrogen and oxygen atoms in total. The van der Waals surface area contributed by atoms with Crippen molar-refractivity contribution in [3.63, 3.8) is 0 Å². The first-order valence-electron chi connectivity index (χ1n) is 8.56. The van der Waals surface area contributed by atoms with Crippen molar-refractivity contribution in [1.29, 1.82) is 0 Å². The molecule has 0 fully saturated rings. The lowest BCUT2D eigenvalue weighted by Gasteiger charge is -2.08. The third-order valence-corrected chi connectivity index (χ3v) is 3.59. The van der Waals surface area contributed by atoms with Crippen LogP contribution in [0.5, 0.6) is 11.5 Å². The minimum absolute atomic E-state index is 0.0200. The Labute approximate surface area is 157 Å². The third kappa shape index (κ3) is 7.05. The van der Waals surface area contributed by atoms with Crippen molar-refractivity contribution in [3.05, 3.63) is 59.7 Å². The molecule has 2 aromatic rings. The number of halogens is 2. The summed E-state index contributed by atoms with van der Waals surface area (Å²) in [6.45, 7) is 1.92. The Kier molecular flexibility index (Phi) is 7.73. The van der Waals surface area contributed by atoms with Crippen molar-refractivity contribution in [3.8, 4) is 11.5 Å². The first-order valence-corrected chi connectivity index (χ1v) is 8.56. The highest BCUT2D eigenvalue weighted by Gasteiger charge is 2.08. The van der Waals surface area contributed by atoms with E-state index < -0.39 is 12.5 Å².